The molecule has 0 radical (unpaired) electrons. The first-order valence-electron chi connectivity index (χ1n) is 4.43. The lowest BCUT2D eigenvalue weighted by Gasteiger charge is -2.49. The van der Waals surface area contributed by atoms with Crippen LogP contribution >= 0.6 is 0 Å². The van der Waals surface area contributed by atoms with E-state index in [0.29, 0.717) is 0 Å². The van der Waals surface area contributed by atoms with Crippen molar-refractivity contribution in [2.45, 2.75) is 12.5 Å². The van der Waals surface area contributed by atoms with Crippen LogP contribution in [0.4, 0.5) is 0 Å². The maximum Gasteiger partial charge on any atom is 0.243 e. The summed E-state index contributed by atoms with van der Waals surface area (Å²) in [5.74, 6) is -0.218. The number of aliphatic hydroxyl groups excluding tert-OH is 1. The normalized spacial score (nSPS) is 20.5. The number of nitrogens with one attached hydrogen (secondary N) is 1. The lowest BCUT2D eigenvalue weighted by molar-refractivity contribution is -0.122. The van der Waals surface area contributed by atoms with Crippen molar-refractivity contribution < 1.29 is 9.90 Å². The highest BCUT2D eigenvalue weighted by atomic mass is 16.3. The van der Waals surface area contributed by atoms with Crippen LogP contribution in [-0.4, -0.2) is 47.7 Å². The van der Waals surface area contributed by atoms with Crippen molar-refractivity contribution in [2.24, 2.45) is 0 Å². The van der Waals surface area contributed by atoms with Crippen LogP contribution in [0.3, 0.4) is 0 Å². The summed E-state index contributed by atoms with van der Waals surface area (Å²) in [5, 5.41) is 11.9. The van der Waals surface area contributed by atoms with Gasteiger partial charge < -0.3 is 10.4 Å². The molecule has 0 saturated carbocycles. The predicted octanol–water partition coefficient (Wildman–Crippen LogP) is -0.645. The van der Waals surface area contributed by atoms with Gasteiger partial charge in [0.1, 0.15) is 0 Å². The Morgan fingerprint density at radius 3 is 2.77 bits per heavy atom. The van der Waals surface area contributed by atoms with Crippen LogP contribution in [0.2, 0.25) is 0 Å². The van der Waals surface area contributed by atoms with Crippen LogP contribution < -0.4 is 5.32 Å². The Bertz CT molecular complexity index is 210. The van der Waals surface area contributed by atoms with Crippen molar-refractivity contribution in [1.29, 1.82) is 0 Å². The van der Waals surface area contributed by atoms with E-state index in [1.807, 2.05) is 0 Å². The number of amides is 1. The molecule has 0 aliphatic carbocycles. The average molecular weight is 184 g/mol. The average Bonchev–Trinajstić information content (AvgIpc) is 2.10. The number of hydrogen-bond acceptors (Lipinski definition) is 3. The van der Waals surface area contributed by atoms with Gasteiger partial charge in [0.2, 0.25) is 5.91 Å². The Morgan fingerprint density at radius 1 is 1.77 bits per heavy atom. The van der Waals surface area contributed by atoms with Gasteiger partial charge in [0.05, 0.1) is 12.1 Å². The van der Waals surface area contributed by atoms with Crippen LogP contribution in [0.1, 0.15) is 6.92 Å². The molecule has 1 saturated heterocycles. The molecule has 4 heteroatoms. The van der Waals surface area contributed by atoms with Crippen molar-refractivity contribution in [2.75, 3.05) is 26.2 Å². The van der Waals surface area contributed by atoms with Crippen molar-refractivity contribution in [3.05, 3.63) is 12.7 Å². The number of carbonyl (C=O) groups is 1. The maximum absolute atomic E-state index is 11.0. The molecule has 1 rings (SSSR count). The zero-order chi connectivity index (χ0) is 9.90. The van der Waals surface area contributed by atoms with E-state index < -0.39 is 5.54 Å². The van der Waals surface area contributed by atoms with E-state index >= 15 is 0 Å². The topological polar surface area (TPSA) is 52.6 Å². The highest BCUT2D eigenvalue weighted by Crippen LogP contribution is 2.19. The van der Waals surface area contributed by atoms with Gasteiger partial charge in [-0.25, -0.2) is 0 Å². The van der Waals surface area contributed by atoms with Gasteiger partial charge in [-0.05, 0) is 12.6 Å². The molecule has 74 valence electrons. The lowest BCUT2D eigenvalue weighted by atomic mass is 9.90. The van der Waals surface area contributed by atoms with Gasteiger partial charge in [0, 0.05) is 13.1 Å². The molecule has 0 unspecified atom stereocenters. The van der Waals surface area contributed by atoms with E-state index in [1.165, 1.54) is 6.08 Å². The molecular formula is C9H16N2O2. The molecule has 1 aliphatic rings. The molecule has 4 nitrogen and oxygen atoms in total. The van der Waals surface area contributed by atoms with Gasteiger partial charge in [0.15, 0.2) is 0 Å². The second-order valence-electron chi connectivity index (χ2n) is 3.44. The third kappa shape index (κ3) is 2.08. The molecule has 1 heterocycles. The van der Waals surface area contributed by atoms with Crippen molar-refractivity contribution in [1.82, 2.24) is 10.2 Å². The minimum Gasteiger partial charge on any atom is -0.394 e. The third-order valence-corrected chi connectivity index (χ3v) is 2.38. The lowest BCUT2D eigenvalue weighted by Crippen LogP contribution is -2.71. The zero-order valence-electron chi connectivity index (χ0n) is 7.92. The van der Waals surface area contributed by atoms with Gasteiger partial charge in [0.25, 0.3) is 0 Å². The standard InChI is InChI=1S/C9H16N2O2/c1-3-8(13)10-9(7-12)5-11(4-2)6-9/h3,12H,1,4-7H2,2H3,(H,10,13). The molecule has 2 N–H and O–H groups in total. The Hall–Kier alpha value is -0.870. The second kappa shape index (κ2) is 3.89. The molecular weight excluding hydrogens is 168 g/mol. The smallest absolute Gasteiger partial charge is 0.243 e. The first-order chi connectivity index (χ1) is 6.15. The molecule has 1 amide bonds. The number of carbonyl (C=O) groups excluding carboxylic acids is 1. The minimum absolute atomic E-state index is 0.0108. The van der Waals surface area contributed by atoms with Crippen molar-refractivity contribution in [3.8, 4) is 0 Å². The summed E-state index contributed by atoms with van der Waals surface area (Å²) in [6.45, 7) is 7.80. The van der Waals surface area contributed by atoms with Gasteiger partial charge in [-0.1, -0.05) is 13.5 Å². The molecule has 0 bridgehead atoms. The minimum atomic E-state index is -0.429. The van der Waals surface area contributed by atoms with Crippen molar-refractivity contribution in [3.63, 3.8) is 0 Å². The number of nitrogens with zero attached hydrogens (tertiary/aromatic N) is 1. The zero-order valence-corrected chi connectivity index (χ0v) is 7.92. The van der Waals surface area contributed by atoms with Gasteiger partial charge in [-0.2, -0.15) is 0 Å². The molecule has 0 spiro atoms. The fraction of sp³-hybridized carbons (Fsp3) is 0.667. The van der Waals surface area contributed by atoms with E-state index in [9.17, 15) is 4.79 Å². The Balaban J connectivity index is 2.45. The monoisotopic (exact) mass is 184 g/mol. The third-order valence-electron chi connectivity index (χ3n) is 2.38. The second-order valence-corrected chi connectivity index (χ2v) is 3.44. The first-order valence-corrected chi connectivity index (χ1v) is 4.43. The molecule has 0 atom stereocenters. The van der Waals surface area contributed by atoms with Crippen LogP contribution in [0.25, 0.3) is 0 Å². The van der Waals surface area contributed by atoms with Crippen LogP contribution in [0.5, 0.6) is 0 Å². The molecule has 0 aromatic rings. The fourth-order valence-electron chi connectivity index (χ4n) is 1.56. The number of aliphatic hydroxyl groups is 1. The number of likely N-dealkylation sites (N-methyl/N-ethyl adjacent to an activating group) is 1. The number of rotatable bonds is 4. The highest BCUT2D eigenvalue weighted by molar-refractivity contribution is 5.87. The molecule has 13 heavy (non-hydrogen) atoms. The SMILES string of the molecule is C=CC(=O)NC1(CO)CN(CC)C1. The van der Waals surface area contributed by atoms with Crippen molar-refractivity contribution >= 4 is 5.91 Å². The summed E-state index contributed by atoms with van der Waals surface area (Å²) in [7, 11) is 0. The summed E-state index contributed by atoms with van der Waals surface area (Å²) in [5.41, 5.74) is -0.429. The Kier molecular flexibility index (Phi) is 3.06. The molecule has 0 aromatic carbocycles. The number of likely N-dealkylation sites (tertiary alicyclic amines) is 1. The maximum atomic E-state index is 11.0. The summed E-state index contributed by atoms with van der Waals surface area (Å²) in [4.78, 5) is 13.2. The fourth-order valence-corrected chi connectivity index (χ4v) is 1.56. The van der Waals surface area contributed by atoms with E-state index in [-0.39, 0.29) is 12.5 Å². The quantitative estimate of drug-likeness (QED) is 0.571. The van der Waals surface area contributed by atoms with E-state index in [0.717, 1.165) is 19.6 Å². The molecule has 1 aliphatic heterocycles. The van der Waals surface area contributed by atoms with E-state index in [4.69, 9.17) is 5.11 Å². The van der Waals surface area contributed by atoms with Crippen LogP contribution in [0.15, 0.2) is 12.7 Å². The summed E-state index contributed by atoms with van der Waals surface area (Å²) >= 11 is 0. The van der Waals surface area contributed by atoms with Gasteiger partial charge in [-0.15, -0.1) is 0 Å². The van der Waals surface area contributed by atoms with Gasteiger partial charge >= 0.3 is 0 Å². The van der Waals surface area contributed by atoms with Crippen LogP contribution in [0, 0.1) is 0 Å². The Morgan fingerprint density at radius 2 is 2.38 bits per heavy atom. The van der Waals surface area contributed by atoms with E-state index in [1.54, 1.807) is 0 Å². The molecule has 1 fully saturated rings. The van der Waals surface area contributed by atoms with Crippen LogP contribution in [-0.2, 0) is 4.79 Å². The molecule has 0 aromatic heterocycles. The Labute approximate surface area is 78.2 Å². The summed E-state index contributed by atoms with van der Waals surface area (Å²) in [6.07, 6.45) is 1.23. The van der Waals surface area contributed by atoms with Gasteiger partial charge in [-0.3, -0.25) is 9.69 Å². The first kappa shape index (κ1) is 10.2. The largest absolute Gasteiger partial charge is 0.394 e. The summed E-state index contributed by atoms with van der Waals surface area (Å²) < 4.78 is 0. The highest BCUT2D eigenvalue weighted by Gasteiger charge is 2.42. The van der Waals surface area contributed by atoms with E-state index in [2.05, 4.69) is 23.7 Å². The predicted molar refractivity (Wildman–Crippen MR) is 50.3 cm³/mol. The summed E-state index contributed by atoms with van der Waals surface area (Å²) in [6, 6.07) is 0. The number of hydrogen-bond donors (Lipinski definition) is 2.